The van der Waals surface area contributed by atoms with Crippen molar-refractivity contribution in [2.45, 2.75) is 6.18 Å². The summed E-state index contributed by atoms with van der Waals surface area (Å²) in [5.74, 6) is 0. The summed E-state index contributed by atoms with van der Waals surface area (Å²) in [6.45, 7) is 0. The Morgan fingerprint density at radius 2 is 1.90 bits per heavy atom. The smallest absolute Gasteiger partial charge is 0.416 e. The third-order valence-electron chi connectivity index (χ3n) is 2.85. The summed E-state index contributed by atoms with van der Waals surface area (Å²) in [7, 11) is 0. The summed E-state index contributed by atoms with van der Waals surface area (Å²) in [5.41, 5.74) is 6.68. The van der Waals surface area contributed by atoms with Gasteiger partial charge in [-0.2, -0.15) is 18.2 Å². The summed E-state index contributed by atoms with van der Waals surface area (Å²) in [6, 6.07) is 9.83. The summed E-state index contributed by atoms with van der Waals surface area (Å²) < 4.78 is 43.3. The number of nitrogen functional groups attached to an aromatic ring is 1. The van der Waals surface area contributed by atoms with Crippen LogP contribution in [0.2, 0.25) is 0 Å². The molecule has 0 saturated carbocycles. The SMILES string of the molecule is Nc1ccc2oc(Nc3cccc(C(F)(F)F)c3)nc2c1. The van der Waals surface area contributed by atoms with Crippen LogP contribution in [0.15, 0.2) is 46.9 Å². The molecule has 1 aromatic heterocycles. The molecule has 3 rings (SSSR count). The lowest BCUT2D eigenvalue weighted by atomic mass is 10.2. The number of benzene rings is 2. The van der Waals surface area contributed by atoms with E-state index in [2.05, 4.69) is 10.3 Å². The van der Waals surface area contributed by atoms with Crippen LogP contribution in [0.3, 0.4) is 0 Å². The Bertz CT molecular complexity index is 796. The van der Waals surface area contributed by atoms with Gasteiger partial charge < -0.3 is 15.5 Å². The van der Waals surface area contributed by atoms with E-state index in [1.165, 1.54) is 12.1 Å². The van der Waals surface area contributed by atoms with Gasteiger partial charge in [-0.3, -0.25) is 0 Å². The van der Waals surface area contributed by atoms with Crippen molar-refractivity contribution in [3.8, 4) is 0 Å². The maximum atomic E-state index is 12.6. The van der Waals surface area contributed by atoms with Gasteiger partial charge in [0.25, 0.3) is 6.01 Å². The molecule has 7 heteroatoms. The van der Waals surface area contributed by atoms with Crippen LogP contribution in [-0.2, 0) is 6.18 Å². The zero-order valence-electron chi connectivity index (χ0n) is 10.6. The van der Waals surface area contributed by atoms with Crippen molar-refractivity contribution in [2.24, 2.45) is 0 Å². The first-order valence-corrected chi connectivity index (χ1v) is 6.02. The molecule has 0 spiro atoms. The summed E-state index contributed by atoms with van der Waals surface area (Å²) >= 11 is 0. The number of anilines is 3. The minimum absolute atomic E-state index is 0.106. The molecule has 3 N–H and O–H groups in total. The fourth-order valence-electron chi connectivity index (χ4n) is 1.89. The average molecular weight is 293 g/mol. The number of oxazole rings is 1. The third-order valence-corrected chi connectivity index (χ3v) is 2.85. The molecule has 21 heavy (non-hydrogen) atoms. The van der Waals surface area contributed by atoms with Gasteiger partial charge in [-0.15, -0.1) is 0 Å². The molecule has 0 amide bonds. The number of hydrogen-bond donors (Lipinski definition) is 2. The van der Waals surface area contributed by atoms with Crippen molar-refractivity contribution in [3.63, 3.8) is 0 Å². The first-order chi connectivity index (χ1) is 9.91. The molecule has 0 atom stereocenters. The Balaban J connectivity index is 1.91. The van der Waals surface area contributed by atoms with E-state index < -0.39 is 11.7 Å². The van der Waals surface area contributed by atoms with Gasteiger partial charge in [0.15, 0.2) is 5.58 Å². The number of halogens is 3. The van der Waals surface area contributed by atoms with E-state index in [0.717, 1.165) is 12.1 Å². The molecule has 2 aromatic carbocycles. The molecule has 0 fully saturated rings. The molecule has 0 radical (unpaired) electrons. The maximum Gasteiger partial charge on any atom is 0.416 e. The van der Waals surface area contributed by atoms with Crippen LogP contribution in [-0.4, -0.2) is 4.98 Å². The molecule has 0 aliphatic rings. The van der Waals surface area contributed by atoms with Crippen LogP contribution in [0.5, 0.6) is 0 Å². The van der Waals surface area contributed by atoms with E-state index in [0.29, 0.717) is 16.8 Å². The van der Waals surface area contributed by atoms with Gasteiger partial charge in [-0.05, 0) is 36.4 Å². The van der Waals surface area contributed by atoms with Gasteiger partial charge >= 0.3 is 6.18 Å². The Kier molecular flexibility index (Phi) is 2.97. The fraction of sp³-hybridized carbons (Fsp3) is 0.0714. The second kappa shape index (κ2) is 4.69. The van der Waals surface area contributed by atoms with E-state index in [9.17, 15) is 13.2 Å². The number of alkyl halides is 3. The molecule has 108 valence electrons. The first-order valence-electron chi connectivity index (χ1n) is 6.02. The standard InChI is InChI=1S/C14H10F3N3O/c15-14(16,17)8-2-1-3-10(6-8)19-13-20-11-7-9(18)4-5-12(11)21-13/h1-7H,18H2,(H,19,20). The van der Waals surface area contributed by atoms with E-state index in [4.69, 9.17) is 10.2 Å². The van der Waals surface area contributed by atoms with Crippen LogP contribution >= 0.6 is 0 Å². The number of hydrogen-bond acceptors (Lipinski definition) is 4. The number of aromatic nitrogens is 1. The van der Waals surface area contributed by atoms with E-state index in [-0.39, 0.29) is 11.7 Å². The Labute approximate surface area is 117 Å². The quantitative estimate of drug-likeness (QED) is 0.696. The molecule has 0 aliphatic carbocycles. The lowest BCUT2D eigenvalue weighted by Crippen LogP contribution is -2.05. The highest BCUT2D eigenvalue weighted by Gasteiger charge is 2.30. The van der Waals surface area contributed by atoms with E-state index in [1.807, 2.05) is 0 Å². The molecule has 0 unspecified atom stereocenters. The number of rotatable bonds is 2. The number of nitrogens with one attached hydrogen (secondary N) is 1. The van der Waals surface area contributed by atoms with Gasteiger partial charge in [0.2, 0.25) is 0 Å². The van der Waals surface area contributed by atoms with Crippen LogP contribution in [0, 0.1) is 0 Å². The highest BCUT2D eigenvalue weighted by Crippen LogP contribution is 2.31. The molecule has 0 aliphatic heterocycles. The van der Waals surface area contributed by atoms with Crippen LogP contribution in [0.1, 0.15) is 5.56 Å². The van der Waals surface area contributed by atoms with Crippen molar-refractivity contribution in [3.05, 3.63) is 48.0 Å². The molecule has 3 aromatic rings. The molecule has 0 bridgehead atoms. The second-order valence-corrected chi connectivity index (χ2v) is 4.45. The molecule has 1 heterocycles. The number of nitrogens with zero attached hydrogens (tertiary/aromatic N) is 1. The second-order valence-electron chi connectivity index (χ2n) is 4.45. The highest BCUT2D eigenvalue weighted by molar-refractivity contribution is 5.78. The van der Waals surface area contributed by atoms with Crippen molar-refractivity contribution < 1.29 is 17.6 Å². The van der Waals surface area contributed by atoms with Gasteiger partial charge in [-0.1, -0.05) is 6.07 Å². The Morgan fingerprint density at radius 3 is 2.67 bits per heavy atom. The van der Waals surface area contributed by atoms with Crippen LogP contribution in [0.25, 0.3) is 11.1 Å². The third kappa shape index (κ3) is 2.76. The predicted octanol–water partition coefficient (Wildman–Crippen LogP) is 4.17. The predicted molar refractivity (Wildman–Crippen MR) is 73.1 cm³/mol. The summed E-state index contributed by atoms with van der Waals surface area (Å²) in [6.07, 6.45) is -4.40. The van der Waals surface area contributed by atoms with Crippen molar-refractivity contribution in [1.29, 1.82) is 0 Å². The van der Waals surface area contributed by atoms with E-state index >= 15 is 0 Å². The Hall–Kier alpha value is -2.70. The minimum Gasteiger partial charge on any atom is -0.423 e. The fourth-order valence-corrected chi connectivity index (χ4v) is 1.89. The van der Waals surface area contributed by atoms with Gasteiger partial charge in [0.1, 0.15) is 5.52 Å². The van der Waals surface area contributed by atoms with Gasteiger partial charge in [0.05, 0.1) is 5.56 Å². The van der Waals surface area contributed by atoms with Gasteiger partial charge in [-0.25, -0.2) is 0 Å². The normalized spacial score (nSPS) is 11.8. The highest BCUT2D eigenvalue weighted by atomic mass is 19.4. The summed E-state index contributed by atoms with van der Waals surface area (Å²) in [5, 5.41) is 2.71. The van der Waals surface area contributed by atoms with Gasteiger partial charge in [0, 0.05) is 11.4 Å². The molecule has 0 saturated heterocycles. The maximum absolute atomic E-state index is 12.6. The van der Waals surface area contributed by atoms with Crippen molar-refractivity contribution >= 4 is 28.5 Å². The molecule has 4 nitrogen and oxygen atoms in total. The van der Waals surface area contributed by atoms with Crippen LogP contribution in [0.4, 0.5) is 30.6 Å². The molecular weight excluding hydrogens is 283 g/mol. The molecular formula is C14H10F3N3O. The minimum atomic E-state index is -4.40. The topological polar surface area (TPSA) is 64.1 Å². The van der Waals surface area contributed by atoms with E-state index in [1.54, 1.807) is 18.2 Å². The largest absolute Gasteiger partial charge is 0.423 e. The van der Waals surface area contributed by atoms with Crippen molar-refractivity contribution in [2.75, 3.05) is 11.1 Å². The Morgan fingerprint density at radius 1 is 1.10 bits per heavy atom. The average Bonchev–Trinajstić information content (AvgIpc) is 2.79. The lowest BCUT2D eigenvalue weighted by molar-refractivity contribution is -0.137. The van der Waals surface area contributed by atoms with Crippen LogP contribution < -0.4 is 11.1 Å². The summed E-state index contributed by atoms with van der Waals surface area (Å²) in [4.78, 5) is 4.12. The number of fused-ring (bicyclic) bond motifs is 1. The van der Waals surface area contributed by atoms with Crippen molar-refractivity contribution in [1.82, 2.24) is 4.98 Å². The first kappa shape index (κ1) is 13.3. The lowest BCUT2D eigenvalue weighted by Gasteiger charge is -2.08. The monoisotopic (exact) mass is 293 g/mol. The zero-order valence-corrected chi connectivity index (χ0v) is 10.6. The number of nitrogens with two attached hydrogens (primary N) is 1. The zero-order chi connectivity index (χ0) is 15.0.